The Balaban J connectivity index is 1.66. The van der Waals surface area contributed by atoms with Gasteiger partial charge in [-0.15, -0.1) is 0 Å². The Morgan fingerprint density at radius 2 is 2.07 bits per heavy atom. The summed E-state index contributed by atoms with van der Waals surface area (Å²) in [7, 11) is 0. The van der Waals surface area contributed by atoms with Crippen LogP contribution in [0, 0.1) is 0 Å². The predicted molar refractivity (Wildman–Crippen MR) is 109 cm³/mol. The van der Waals surface area contributed by atoms with Gasteiger partial charge in [-0.25, -0.2) is 0 Å². The fourth-order valence-corrected chi connectivity index (χ4v) is 3.35. The zero-order valence-electron chi connectivity index (χ0n) is 16.5. The molecule has 1 aliphatic rings. The van der Waals surface area contributed by atoms with Crippen molar-refractivity contribution >= 4 is 11.6 Å². The number of anilines is 1. The Morgan fingerprint density at radius 1 is 1.25 bits per heavy atom. The van der Waals surface area contributed by atoms with E-state index in [0.29, 0.717) is 36.9 Å². The SMILES string of the molecule is CCOc1ccc(NC(=O)CN2CCNCC2c2cccnc2)cc1OCC. The summed E-state index contributed by atoms with van der Waals surface area (Å²) in [6.07, 6.45) is 3.63. The van der Waals surface area contributed by atoms with Crippen LogP contribution in [0.25, 0.3) is 0 Å². The highest BCUT2D eigenvalue weighted by molar-refractivity contribution is 5.92. The molecule has 1 amide bonds. The number of piperazine rings is 1. The largest absolute Gasteiger partial charge is 0.490 e. The molecule has 1 fully saturated rings. The number of rotatable bonds is 8. The van der Waals surface area contributed by atoms with E-state index in [1.54, 1.807) is 6.20 Å². The molecule has 7 heteroatoms. The van der Waals surface area contributed by atoms with Gasteiger partial charge in [-0.1, -0.05) is 6.07 Å². The zero-order chi connectivity index (χ0) is 19.8. The maximum Gasteiger partial charge on any atom is 0.238 e. The number of carbonyl (C=O) groups excluding carboxylic acids is 1. The monoisotopic (exact) mass is 384 g/mol. The van der Waals surface area contributed by atoms with Gasteiger partial charge in [-0.3, -0.25) is 14.7 Å². The molecule has 0 spiro atoms. The molecule has 7 nitrogen and oxygen atoms in total. The lowest BCUT2D eigenvalue weighted by Gasteiger charge is -2.35. The van der Waals surface area contributed by atoms with Crippen molar-refractivity contribution < 1.29 is 14.3 Å². The molecule has 150 valence electrons. The second-order valence-corrected chi connectivity index (χ2v) is 6.55. The van der Waals surface area contributed by atoms with Crippen LogP contribution in [0.15, 0.2) is 42.7 Å². The van der Waals surface area contributed by atoms with Gasteiger partial charge in [-0.05, 0) is 37.6 Å². The molecule has 1 aliphatic heterocycles. The number of ether oxygens (including phenoxy) is 2. The van der Waals surface area contributed by atoms with Crippen LogP contribution in [0.2, 0.25) is 0 Å². The van der Waals surface area contributed by atoms with Gasteiger partial charge in [0.25, 0.3) is 0 Å². The number of hydrogen-bond donors (Lipinski definition) is 2. The smallest absolute Gasteiger partial charge is 0.238 e. The average molecular weight is 384 g/mol. The average Bonchev–Trinajstić information content (AvgIpc) is 2.71. The van der Waals surface area contributed by atoms with Crippen LogP contribution in [-0.4, -0.2) is 55.2 Å². The molecule has 1 unspecified atom stereocenters. The predicted octanol–water partition coefficient (Wildman–Crippen LogP) is 2.46. The van der Waals surface area contributed by atoms with E-state index in [4.69, 9.17) is 9.47 Å². The molecule has 0 aliphatic carbocycles. The molecule has 1 aromatic heterocycles. The van der Waals surface area contributed by atoms with Gasteiger partial charge in [0.2, 0.25) is 5.91 Å². The first-order chi connectivity index (χ1) is 13.7. The van der Waals surface area contributed by atoms with Gasteiger partial charge < -0.3 is 20.1 Å². The van der Waals surface area contributed by atoms with Crippen molar-refractivity contribution in [2.24, 2.45) is 0 Å². The minimum Gasteiger partial charge on any atom is -0.490 e. The maximum atomic E-state index is 12.7. The van der Waals surface area contributed by atoms with Crippen molar-refractivity contribution in [3.63, 3.8) is 0 Å². The van der Waals surface area contributed by atoms with Crippen molar-refractivity contribution in [2.45, 2.75) is 19.9 Å². The fourth-order valence-electron chi connectivity index (χ4n) is 3.35. The van der Waals surface area contributed by atoms with E-state index in [2.05, 4.69) is 26.6 Å². The molecule has 2 heterocycles. The summed E-state index contributed by atoms with van der Waals surface area (Å²) in [6, 6.07) is 9.58. The summed E-state index contributed by atoms with van der Waals surface area (Å²) in [4.78, 5) is 19.1. The van der Waals surface area contributed by atoms with Crippen molar-refractivity contribution in [1.82, 2.24) is 15.2 Å². The number of pyridine rings is 1. The van der Waals surface area contributed by atoms with Crippen molar-refractivity contribution in [3.8, 4) is 11.5 Å². The second-order valence-electron chi connectivity index (χ2n) is 6.55. The van der Waals surface area contributed by atoms with E-state index in [0.717, 1.165) is 25.2 Å². The normalized spacial score (nSPS) is 17.1. The summed E-state index contributed by atoms with van der Waals surface area (Å²) in [6.45, 7) is 7.73. The summed E-state index contributed by atoms with van der Waals surface area (Å²) < 4.78 is 11.2. The van der Waals surface area contributed by atoms with Gasteiger partial charge >= 0.3 is 0 Å². The summed E-state index contributed by atoms with van der Waals surface area (Å²) in [5.74, 6) is 1.26. The van der Waals surface area contributed by atoms with E-state index in [1.807, 2.05) is 44.3 Å². The van der Waals surface area contributed by atoms with Crippen LogP contribution < -0.4 is 20.1 Å². The minimum atomic E-state index is -0.0533. The molecule has 1 saturated heterocycles. The maximum absolute atomic E-state index is 12.7. The van der Waals surface area contributed by atoms with Gasteiger partial charge in [0, 0.05) is 49.8 Å². The molecule has 2 N–H and O–H groups in total. The summed E-state index contributed by atoms with van der Waals surface area (Å²) in [5, 5.41) is 6.37. The van der Waals surface area contributed by atoms with E-state index in [9.17, 15) is 4.79 Å². The molecular weight excluding hydrogens is 356 g/mol. The Labute approximate surface area is 166 Å². The van der Waals surface area contributed by atoms with Crippen LogP contribution >= 0.6 is 0 Å². The van der Waals surface area contributed by atoms with Gasteiger partial charge in [0.05, 0.1) is 19.8 Å². The van der Waals surface area contributed by atoms with E-state index in [1.165, 1.54) is 0 Å². The number of aromatic nitrogens is 1. The fraction of sp³-hybridized carbons (Fsp3) is 0.429. The third-order valence-electron chi connectivity index (χ3n) is 4.60. The molecule has 1 atom stereocenters. The van der Waals surface area contributed by atoms with E-state index in [-0.39, 0.29) is 11.9 Å². The standard InChI is InChI=1S/C21H28N4O3/c1-3-27-19-8-7-17(12-20(19)28-4-2)24-21(26)15-25-11-10-23-14-18(25)16-6-5-9-22-13-16/h5-9,12-13,18,23H,3-4,10-11,14-15H2,1-2H3,(H,24,26). The molecule has 2 aromatic rings. The Bertz CT molecular complexity index is 770. The first-order valence-electron chi connectivity index (χ1n) is 9.75. The number of benzene rings is 1. The van der Waals surface area contributed by atoms with Crippen LogP contribution in [0.1, 0.15) is 25.5 Å². The topological polar surface area (TPSA) is 75.7 Å². The number of carbonyl (C=O) groups is 1. The lowest BCUT2D eigenvalue weighted by Crippen LogP contribution is -2.48. The van der Waals surface area contributed by atoms with Crippen LogP contribution in [0.5, 0.6) is 11.5 Å². The van der Waals surface area contributed by atoms with Crippen LogP contribution in [0.4, 0.5) is 5.69 Å². The summed E-state index contributed by atoms with van der Waals surface area (Å²) in [5.41, 5.74) is 1.81. The minimum absolute atomic E-state index is 0.0533. The third-order valence-corrected chi connectivity index (χ3v) is 4.60. The number of amides is 1. The third kappa shape index (κ3) is 5.21. The second kappa shape index (κ2) is 10.1. The van der Waals surface area contributed by atoms with Gasteiger partial charge in [0.1, 0.15) is 0 Å². The van der Waals surface area contributed by atoms with E-state index < -0.39 is 0 Å². The highest BCUT2D eigenvalue weighted by Crippen LogP contribution is 2.30. The van der Waals surface area contributed by atoms with Crippen molar-refractivity contribution in [1.29, 1.82) is 0 Å². The first-order valence-corrected chi connectivity index (χ1v) is 9.75. The van der Waals surface area contributed by atoms with Gasteiger partial charge in [0.15, 0.2) is 11.5 Å². The lowest BCUT2D eigenvalue weighted by molar-refractivity contribution is -0.118. The first kappa shape index (κ1) is 20.1. The van der Waals surface area contributed by atoms with Crippen LogP contribution in [0.3, 0.4) is 0 Å². The zero-order valence-corrected chi connectivity index (χ0v) is 16.5. The molecule has 0 saturated carbocycles. The lowest BCUT2D eigenvalue weighted by atomic mass is 10.1. The number of hydrogen-bond acceptors (Lipinski definition) is 6. The number of nitrogens with zero attached hydrogens (tertiary/aromatic N) is 2. The van der Waals surface area contributed by atoms with Crippen LogP contribution in [-0.2, 0) is 4.79 Å². The van der Waals surface area contributed by atoms with Crippen molar-refractivity contribution in [3.05, 3.63) is 48.3 Å². The Kier molecular flexibility index (Phi) is 7.22. The molecule has 1 aromatic carbocycles. The molecular formula is C21H28N4O3. The molecule has 28 heavy (non-hydrogen) atoms. The molecule has 0 radical (unpaired) electrons. The quantitative estimate of drug-likeness (QED) is 0.728. The molecule has 3 rings (SSSR count). The Morgan fingerprint density at radius 3 is 2.82 bits per heavy atom. The summed E-state index contributed by atoms with van der Waals surface area (Å²) >= 11 is 0. The highest BCUT2D eigenvalue weighted by atomic mass is 16.5. The van der Waals surface area contributed by atoms with Crippen molar-refractivity contribution in [2.75, 3.05) is 44.7 Å². The number of nitrogens with one attached hydrogen (secondary N) is 2. The van der Waals surface area contributed by atoms with Gasteiger partial charge in [-0.2, -0.15) is 0 Å². The molecule has 0 bridgehead atoms. The Hall–Kier alpha value is -2.64. The van der Waals surface area contributed by atoms with E-state index >= 15 is 0 Å². The highest BCUT2D eigenvalue weighted by Gasteiger charge is 2.25.